The Labute approximate surface area is 151 Å². The van der Waals surface area contributed by atoms with Crippen LogP contribution in [0.4, 0.5) is 0 Å². The van der Waals surface area contributed by atoms with Crippen molar-refractivity contribution in [1.82, 2.24) is 4.90 Å². The van der Waals surface area contributed by atoms with Crippen molar-refractivity contribution in [3.63, 3.8) is 0 Å². The zero-order valence-corrected chi connectivity index (χ0v) is 15.0. The standard InChI is InChI=1S/C20H21NO3S/c1-12(20(23)24)11-21(15-8-9-15)19(22)17-10-14-7-6-13-4-2-3-5-16(13)18(14)25-17/h2-5,10,12,15H,6-9,11H2,1H3,(H,23,24). The lowest BCUT2D eigenvalue weighted by atomic mass is 9.91. The molecule has 0 bridgehead atoms. The summed E-state index contributed by atoms with van der Waals surface area (Å²) in [6.07, 6.45) is 3.93. The highest BCUT2D eigenvalue weighted by Crippen LogP contribution is 2.40. The second-order valence-electron chi connectivity index (χ2n) is 7.05. The van der Waals surface area contributed by atoms with Gasteiger partial charge in [0.1, 0.15) is 0 Å². The Morgan fingerprint density at radius 1 is 1.24 bits per heavy atom. The molecular formula is C20H21NO3S. The first-order valence-electron chi connectivity index (χ1n) is 8.79. The number of carboxylic acids is 1. The van der Waals surface area contributed by atoms with Gasteiger partial charge in [0.15, 0.2) is 0 Å². The lowest BCUT2D eigenvalue weighted by molar-refractivity contribution is -0.141. The summed E-state index contributed by atoms with van der Waals surface area (Å²) in [5.74, 6) is -1.40. The highest BCUT2D eigenvalue weighted by Gasteiger charge is 2.36. The zero-order chi connectivity index (χ0) is 17.6. The minimum Gasteiger partial charge on any atom is -0.481 e. The second kappa shape index (κ2) is 6.30. The molecule has 0 radical (unpaired) electrons. The summed E-state index contributed by atoms with van der Waals surface area (Å²) in [6.45, 7) is 1.96. The smallest absolute Gasteiger partial charge is 0.308 e. The molecule has 4 nitrogen and oxygen atoms in total. The Hall–Kier alpha value is -2.14. The fourth-order valence-corrected chi connectivity index (χ4v) is 4.70. The van der Waals surface area contributed by atoms with Crippen LogP contribution >= 0.6 is 11.3 Å². The SMILES string of the molecule is CC(CN(C(=O)c1cc2c(s1)-c1ccccc1CC2)C1CC1)C(=O)O. The van der Waals surface area contributed by atoms with E-state index < -0.39 is 11.9 Å². The Morgan fingerprint density at radius 3 is 2.68 bits per heavy atom. The number of hydrogen-bond acceptors (Lipinski definition) is 3. The molecule has 0 spiro atoms. The average molecular weight is 355 g/mol. The van der Waals surface area contributed by atoms with E-state index in [1.165, 1.54) is 21.6 Å². The molecule has 1 fully saturated rings. The summed E-state index contributed by atoms with van der Waals surface area (Å²) < 4.78 is 0. The van der Waals surface area contributed by atoms with Crippen molar-refractivity contribution in [2.24, 2.45) is 5.92 Å². The van der Waals surface area contributed by atoms with Crippen LogP contribution in [0, 0.1) is 5.92 Å². The molecule has 0 saturated heterocycles. The van der Waals surface area contributed by atoms with E-state index in [0.717, 1.165) is 30.6 Å². The highest BCUT2D eigenvalue weighted by molar-refractivity contribution is 7.17. The van der Waals surface area contributed by atoms with Gasteiger partial charge in [-0.1, -0.05) is 31.2 Å². The largest absolute Gasteiger partial charge is 0.481 e. The van der Waals surface area contributed by atoms with Gasteiger partial charge in [0.25, 0.3) is 5.91 Å². The van der Waals surface area contributed by atoms with Crippen molar-refractivity contribution in [2.75, 3.05) is 6.54 Å². The third-order valence-electron chi connectivity index (χ3n) is 5.09. The fourth-order valence-electron chi connectivity index (χ4n) is 3.48. The number of hydrogen-bond donors (Lipinski definition) is 1. The molecule has 1 aromatic carbocycles. The number of benzene rings is 1. The minimum atomic E-state index is -0.849. The monoisotopic (exact) mass is 355 g/mol. The number of carboxylic acid groups (broad SMARTS) is 1. The fraction of sp³-hybridized carbons (Fsp3) is 0.400. The van der Waals surface area contributed by atoms with Crippen molar-refractivity contribution in [3.05, 3.63) is 46.3 Å². The average Bonchev–Trinajstić information content (AvgIpc) is 3.35. The van der Waals surface area contributed by atoms with Crippen LogP contribution in [0.3, 0.4) is 0 Å². The molecule has 1 N–H and O–H groups in total. The number of carbonyl (C=O) groups is 2. The molecule has 130 valence electrons. The van der Waals surface area contributed by atoms with Crippen LogP contribution in [0.25, 0.3) is 10.4 Å². The third kappa shape index (κ3) is 3.09. The number of fused-ring (bicyclic) bond motifs is 3. The molecule has 1 unspecified atom stereocenters. The summed E-state index contributed by atoms with van der Waals surface area (Å²) in [6, 6.07) is 10.6. The summed E-state index contributed by atoms with van der Waals surface area (Å²) in [5, 5.41) is 9.19. The first-order valence-corrected chi connectivity index (χ1v) is 9.61. The number of aliphatic carboxylic acids is 1. The highest BCUT2D eigenvalue weighted by atomic mass is 32.1. The van der Waals surface area contributed by atoms with Crippen LogP contribution in [-0.2, 0) is 17.6 Å². The first-order chi connectivity index (χ1) is 12.0. The van der Waals surface area contributed by atoms with E-state index >= 15 is 0 Å². The predicted molar refractivity (Wildman–Crippen MR) is 98.0 cm³/mol. The molecule has 1 aromatic heterocycles. The number of nitrogens with zero attached hydrogens (tertiary/aromatic N) is 1. The molecule has 1 amide bonds. The van der Waals surface area contributed by atoms with E-state index in [2.05, 4.69) is 18.2 Å². The second-order valence-corrected chi connectivity index (χ2v) is 8.10. The van der Waals surface area contributed by atoms with E-state index in [1.807, 2.05) is 12.1 Å². The van der Waals surface area contributed by atoms with E-state index in [0.29, 0.717) is 0 Å². The van der Waals surface area contributed by atoms with E-state index in [-0.39, 0.29) is 18.5 Å². The lowest BCUT2D eigenvalue weighted by Crippen LogP contribution is -2.38. The van der Waals surface area contributed by atoms with Gasteiger partial charge in [-0.2, -0.15) is 0 Å². The molecule has 1 atom stereocenters. The Kier molecular flexibility index (Phi) is 4.12. The van der Waals surface area contributed by atoms with Gasteiger partial charge in [-0.05, 0) is 48.4 Å². The molecule has 0 aliphatic heterocycles. The molecule has 1 saturated carbocycles. The number of rotatable bonds is 5. The van der Waals surface area contributed by atoms with Crippen molar-refractivity contribution < 1.29 is 14.7 Å². The van der Waals surface area contributed by atoms with Gasteiger partial charge < -0.3 is 10.0 Å². The first kappa shape index (κ1) is 16.3. The van der Waals surface area contributed by atoms with Crippen molar-refractivity contribution in [2.45, 2.75) is 38.6 Å². The number of carbonyl (C=O) groups excluding carboxylic acids is 1. The normalized spacial score (nSPS) is 16.7. The van der Waals surface area contributed by atoms with Gasteiger partial charge in [-0.25, -0.2) is 0 Å². The zero-order valence-electron chi connectivity index (χ0n) is 14.2. The summed E-state index contributed by atoms with van der Waals surface area (Å²) in [5.41, 5.74) is 3.83. The van der Waals surface area contributed by atoms with Crippen LogP contribution in [0.5, 0.6) is 0 Å². The van der Waals surface area contributed by atoms with Crippen LogP contribution in [0.15, 0.2) is 30.3 Å². The number of amides is 1. The van der Waals surface area contributed by atoms with Crippen molar-refractivity contribution >= 4 is 23.2 Å². The van der Waals surface area contributed by atoms with Gasteiger partial charge in [-0.3, -0.25) is 9.59 Å². The van der Waals surface area contributed by atoms with Crippen molar-refractivity contribution in [3.8, 4) is 10.4 Å². The maximum atomic E-state index is 13.1. The Morgan fingerprint density at radius 2 is 1.96 bits per heavy atom. The maximum absolute atomic E-state index is 13.1. The van der Waals surface area contributed by atoms with Gasteiger partial charge in [0.2, 0.25) is 0 Å². The van der Waals surface area contributed by atoms with Gasteiger partial charge in [0.05, 0.1) is 10.8 Å². The Balaban J connectivity index is 1.63. The molecule has 2 aromatic rings. The van der Waals surface area contributed by atoms with Gasteiger partial charge >= 0.3 is 5.97 Å². The molecule has 5 heteroatoms. The summed E-state index contributed by atoms with van der Waals surface area (Å²) in [4.78, 5) is 28.0. The van der Waals surface area contributed by atoms with E-state index in [1.54, 1.807) is 23.2 Å². The molecule has 25 heavy (non-hydrogen) atoms. The quantitative estimate of drug-likeness (QED) is 0.886. The maximum Gasteiger partial charge on any atom is 0.308 e. The van der Waals surface area contributed by atoms with Crippen LogP contribution in [0.1, 0.15) is 40.6 Å². The van der Waals surface area contributed by atoms with Crippen molar-refractivity contribution in [1.29, 1.82) is 0 Å². The van der Waals surface area contributed by atoms with E-state index in [4.69, 9.17) is 0 Å². The molecule has 1 heterocycles. The number of thiophene rings is 1. The third-order valence-corrected chi connectivity index (χ3v) is 6.28. The number of aryl methyl sites for hydroxylation is 2. The van der Waals surface area contributed by atoms with Crippen LogP contribution in [-0.4, -0.2) is 34.5 Å². The summed E-state index contributed by atoms with van der Waals surface area (Å²) >= 11 is 1.56. The summed E-state index contributed by atoms with van der Waals surface area (Å²) in [7, 11) is 0. The molecule has 2 aliphatic rings. The van der Waals surface area contributed by atoms with Crippen LogP contribution in [0.2, 0.25) is 0 Å². The van der Waals surface area contributed by atoms with Gasteiger partial charge in [0, 0.05) is 17.5 Å². The van der Waals surface area contributed by atoms with Crippen LogP contribution < -0.4 is 0 Å². The lowest BCUT2D eigenvalue weighted by Gasteiger charge is -2.23. The predicted octanol–water partition coefficient (Wildman–Crippen LogP) is 3.84. The van der Waals surface area contributed by atoms with E-state index in [9.17, 15) is 14.7 Å². The minimum absolute atomic E-state index is 0.00696. The van der Waals surface area contributed by atoms with Gasteiger partial charge in [-0.15, -0.1) is 11.3 Å². The Bertz CT molecular complexity index is 837. The topological polar surface area (TPSA) is 57.6 Å². The molecule has 4 rings (SSSR count). The molecular weight excluding hydrogens is 334 g/mol. The molecule has 2 aliphatic carbocycles.